The number of amides is 2. The molecule has 0 aromatic heterocycles. The zero-order chi connectivity index (χ0) is 13.4. The lowest BCUT2D eigenvalue weighted by Crippen LogP contribution is -2.21. The lowest BCUT2D eigenvalue weighted by molar-refractivity contribution is -0.124. The van der Waals surface area contributed by atoms with Crippen LogP contribution in [0, 0.1) is 0 Å². The molecular formula is C13H17N3O2. The molecule has 96 valence electrons. The Morgan fingerprint density at radius 2 is 1.67 bits per heavy atom. The summed E-state index contributed by atoms with van der Waals surface area (Å²) in [5.41, 5.74) is 3.86. The Labute approximate surface area is 106 Å². The number of carbonyl (C=O) groups excluding carboxylic acids is 2. The zero-order valence-corrected chi connectivity index (χ0v) is 10.6. The first kappa shape index (κ1) is 13.9. The standard InChI is InChI=1S/C13H17N3O2/c1-10(2)15-16-13(18)9-8-12(17)14-11-6-4-3-5-7-11/h3-7H,8-9H2,1-2H3,(H,14,17)(H,16,18). The van der Waals surface area contributed by atoms with E-state index in [2.05, 4.69) is 15.8 Å². The van der Waals surface area contributed by atoms with Crippen molar-refractivity contribution in [3.63, 3.8) is 0 Å². The molecule has 1 aromatic rings. The van der Waals surface area contributed by atoms with Crippen LogP contribution in [0.15, 0.2) is 35.4 Å². The molecule has 5 heteroatoms. The van der Waals surface area contributed by atoms with Gasteiger partial charge < -0.3 is 5.32 Å². The second-order valence-electron chi connectivity index (χ2n) is 4.01. The molecule has 0 aliphatic carbocycles. The number of nitrogens with one attached hydrogen (secondary N) is 2. The third kappa shape index (κ3) is 5.79. The summed E-state index contributed by atoms with van der Waals surface area (Å²) in [5, 5.41) is 6.48. The van der Waals surface area contributed by atoms with Crippen LogP contribution in [0.1, 0.15) is 26.7 Å². The summed E-state index contributed by atoms with van der Waals surface area (Å²) >= 11 is 0. The highest BCUT2D eigenvalue weighted by molar-refractivity contribution is 5.93. The van der Waals surface area contributed by atoms with Crippen LogP contribution in [0.4, 0.5) is 5.69 Å². The van der Waals surface area contributed by atoms with Crippen LogP contribution in [0.5, 0.6) is 0 Å². The van der Waals surface area contributed by atoms with E-state index < -0.39 is 0 Å². The largest absolute Gasteiger partial charge is 0.326 e. The van der Waals surface area contributed by atoms with Gasteiger partial charge in [-0.2, -0.15) is 5.10 Å². The van der Waals surface area contributed by atoms with E-state index in [1.54, 1.807) is 26.0 Å². The minimum atomic E-state index is -0.264. The number of hydrazone groups is 1. The molecular weight excluding hydrogens is 230 g/mol. The van der Waals surface area contributed by atoms with Crippen LogP contribution < -0.4 is 10.7 Å². The topological polar surface area (TPSA) is 70.6 Å². The summed E-state index contributed by atoms with van der Waals surface area (Å²) in [6.45, 7) is 3.56. The van der Waals surface area contributed by atoms with Gasteiger partial charge in [-0.15, -0.1) is 0 Å². The van der Waals surface area contributed by atoms with E-state index in [1.165, 1.54) is 0 Å². The van der Waals surface area contributed by atoms with Gasteiger partial charge in [-0.25, -0.2) is 5.43 Å². The SMILES string of the molecule is CC(C)=NNC(=O)CCC(=O)Nc1ccccc1. The third-order valence-electron chi connectivity index (χ3n) is 2.04. The van der Waals surface area contributed by atoms with E-state index in [-0.39, 0.29) is 24.7 Å². The molecule has 0 aliphatic heterocycles. The molecule has 0 radical (unpaired) electrons. The fourth-order valence-electron chi connectivity index (χ4n) is 1.20. The minimum absolute atomic E-state index is 0.120. The molecule has 18 heavy (non-hydrogen) atoms. The summed E-state index contributed by atoms with van der Waals surface area (Å²) in [5.74, 6) is -0.451. The van der Waals surface area contributed by atoms with Crippen molar-refractivity contribution in [3.8, 4) is 0 Å². The Morgan fingerprint density at radius 3 is 2.28 bits per heavy atom. The van der Waals surface area contributed by atoms with Gasteiger partial charge in [-0.1, -0.05) is 18.2 Å². The molecule has 0 saturated heterocycles. The van der Waals surface area contributed by atoms with Gasteiger partial charge in [0.15, 0.2) is 0 Å². The van der Waals surface area contributed by atoms with Crippen molar-refractivity contribution in [2.24, 2.45) is 5.10 Å². The Kier molecular flexibility index (Phi) is 5.57. The fourth-order valence-corrected chi connectivity index (χ4v) is 1.20. The maximum absolute atomic E-state index is 11.5. The van der Waals surface area contributed by atoms with Crippen molar-refractivity contribution in [1.82, 2.24) is 5.43 Å². The summed E-state index contributed by atoms with van der Waals surface area (Å²) in [7, 11) is 0. The van der Waals surface area contributed by atoms with E-state index in [0.29, 0.717) is 0 Å². The van der Waals surface area contributed by atoms with Gasteiger partial charge in [-0.05, 0) is 26.0 Å². The Hall–Kier alpha value is -2.17. The summed E-state index contributed by atoms with van der Waals surface area (Å²) in [6, 6.07) is 9.13. The first-order valence-corrected chi connectivity index (χ1v) is 5.72. The Balaban J connectivity index is 2.29. The number of hydrogen-bond donors (Lipinski definition) is 2. The van der Waals surface area contributed by atoms with Gasteiger partial charge in [-0.3, -0.25) is 9.59 Å². The predicted octanol–water partition coefficient (Wildman–Crippen LogP) is 1.92. The number of carbonyl (C=O) groups is 2. The molecule has 0 unspecified atom stereocenters. The molecule has 1 rings (SSSR count). The molecule has 2 amide bonds. The smallest absolute Gasteiger partial charge is 0.240 e. The molecule has 0 atom stereocenters. The summed E-state index contributed by atoms with van der Waals surface area (Å²) in [4.78, 5) is 22.8. The van der Waals surface area contributed by atoms with E-state index in [0.717, 1.165) is 11.4 Å². The Bertz CT molecular complexity index is 437. The molecule has 0 spiro atoms. The van der Waals surface area contributed by atoms with Crippen molar-refractivity contribution < 1.29 is 9.59 Å². The number of nitrogens with zero attached hydrogens (tertiary/aromatic N) is 1. The van der Waals surface area contributed by atoms with Crippen LogP contribution in [-0.4, -0.2) is 17.5 Å². The third-order valence-corrected chi connectivity index (χ3v) is 2.04. The van der Waals surface area contributed by atoms with Crippen molar-refractivity contribution in [2.75, 3.05) is 5.32 Å². The minimum Gasteiger partial charge on any atom is -0.326 e. The number of hydrogen-bond acceptors (Lipinski definition) is 3. The van der Waals surface area contributed by atoms with Crippen LogP contribution >= 0.6 is 0 Å². The molecule has 0 heterocycles. The predicted molar refractivity (Wildman–Crippen MR) is 71.2 cm³/mol. The second-order valence-corrected chi connectivity index (χ2v) is 4.01. The lowest BCUT2D eigenvalue weighted by atomic mass is 10.2. The highest BCUT2D eigenvalue weighted by atomic mass is 16.2. The molecule has 0 aliphatic rings. The number of benzene rings is 1. The van der Waals surface area contributed by atoms with Crippen LogP contribution in [-0.2, 0) is 9.59 Å². The molecule has 0 fully saturated rings. The van der Waals surface area contributed by atoms with Crippen molar-refractivity contribution in [1.29, 1.82) is 0 Å². The van der Waals surface area contributed by atoms with Crippen LogP contribution in [0.2, 0.25) is 0 Å². The molecule has 2 N–H and O–H groups in total. The van der Waals surface area contributed by atoms with E-state index >= 15 is 0 Å². The number of para-hydroxylation sites is 1. The maximum atomic E-state index is 11.5. The normalized spacial score (nSPS) is 9.44. The zero-order valence-electron chi connectivity index (χ0n) is 10.6. The summed E-state index contributed by atoms with van der Waals surface area (Å²) in [6.07, 6.45) is 0.258. The quantitative estimate of drug-likeness (QED) is 0.616. The van der Waals surface area contributed by atoms with Gasteiger partial charge in [0.1, 0.15) is 0 Å². The Morgan fingerprint density at radius 1 is 1.06 bits per heavy atom. The second kappa shape index (κ2) is 7.21. The van der Waals surface area contributed by atoms with Gasteiger partial charge in [0.05, 0.1) is 0 Å². The lowest BCUT2D eigenvalue weighted by Gasteiger charge is -2.04. The molecule has 0 saturated carbocycles. The van der Waals surface area contributed by atoms with E-state index in [9.17, 15) is 9.59 Å². The average Bonchev–Trinajstić information content (AvgIpc) is 2.35. The molecule has 1 aromatic carbocycles. The first-order chi connectivity index (χ1) is 8.58. The molecule has 5 nitrogen and oxygen atoms in total. The van der Waals surface area contributed by atoms with Gasteiger partial charge >= 0.3 is 0 Å². The number of rotatable bonds is 5. The maximum Gasteiger partial charge on any atom is 0.240 e. The van der Waals surface area contributed by atoms with Crippen LogP contribution in [0.25, 0.3) is 0 Å². The summed E-state index contributed by atoms with van der Waals surface area (Å²) < 4.78 is 0. The van der Waals surface area contributed by atoms with Gasteiger partial charge in [0.2, 0.25) is 11.8 Å². The van der Waals surface area contributed by atoms with E-state index in [4.69, 9.17) is 0 Å². The first-order valence-electron chi connectivity index (χ1n) is 5.72. The van der Waals surface area contributed by atoms with Crippen molar-refractivity contribution >= 4 is 23.2 Å². The highest BCUT2D eigenvalue weighted by Gasteiger charge is 2.06. The van der Waals surface area contributed by atoms with Crippen LogP contribution in [0.3, 0.4) is 0 Å². The van der Waals surface area contributed by atoms with Crippen molar-refractivity contribution in [2.45, 2.75) is 26.7 Å². The monoisotopic (exact) mass is 247 g/mol. The highest BCUT2D eigenvalue weighted by Crippen LogP contribution is 2.05. The van der Waals surface area contributed by atoms with E-state index in [1.807, 2.05) is 18.2 Å². The molecule has 0 bridgehead atoms. The fraction of sp³-hybridized carbons (Fsp3) is 0.308. The number of anilines is 1. The van der Waals surface area contributed by atoms with Crippen molar-refractivity contribution in [3.05, 3.63) is 30.3 Å². The van der Waals surface area contributed by atoms with Gasteiger partial charge in [0, 0.05) is 24.2 Å². The average molecular weight is 247 g/mol. The van der Waals surface area contributed by atoms with Gasteiger partial charge in [0.25, 0.3) is 0 Å².